The van der Waals surface area contributed by atoms with E-state index < -0.39 is 0 Å². The van der Waals surface area contributed by atoms with Crippen LogP contribution in [0.15, 0.2) is 30.9 Å². The molecule has 13 heavy (non-hydrogen) atoms. The van der Waals surface area contributed by atoms with Crippen LogP contribution in [0.1, 0.15) is 6.92 Å². The van der Waals surface area contributed by atoms with E-state index in [0.29, 0.717) is 0 Å². The molecule has 1 aromatic rings. The van der Waals surface area contributed by atoms with Gasteiger partial charge in [-0.05, 0) is 47.7 Å². The summed E-state index contributed by atoms with van der Waals surface area (Å²) < 4.78 is 1.15. The van der Waals surface area contributed by atoms with Crippen LogP contribution in [0.4, 0.5) is 11.4 Å². The van der Waals surface area contributed by atoms with Crippen LogP contribution >= 0.6 is 22.6 Å². The highest BCUT2D eigenvalue weighted by molar-refractivity contribution is 14.1. The van der Waals surface area contributed by atoms with Crippen molar-refractivity contribution in [2.24, 2.45) is 0 Å². The molecule has 0 bridgehead atoms. The van der Waals surface area contributed by atoms with Crippen LogP contribution in [0, 0.1) is 3.57 Å². The van der Waals surface area contributed by atoms with Crippen LogP contribution in [0.25, 0.3) is 0 Å². The Morgan fingerprint density at radius 3 is 2.85 bits per heavy atom. The molecule has 3 N–H and O–H groups in total. The van der Waals surface area contributed by atoms with Gasteiger partial charge in [-0.1, -0.05) is 6.08 Å². The topological polar surface area (TPSA) is 38.0 Å². The minimum atomic E-state index is 0.238. The largest absolute Gasteiger partial charge is 0.397 e. The van der Waals surface area contributed by atoms with Crippen LogP contribution in [-0.4, -0.2) is 6.04 Å². The minimum Gasteiger partial charge on any atom is -0.397 e. The van der Waals surface area contributed by atoms with E-state index in [9.17, 15) is 0 Å². The van der Waals surface area contributed by atoms with E-state index >= 15 is 0 Å². The van der Waals surface area contributed by atoms with Gasteiger partial charge >= 0.3 is 0 Å². The molecule has 3 heteroatoms. The van der Waals surface area contributed by atoms with Gasteiger partial charge in [-0.15, -0.1) is 6.58 Å². The summed E-state index contributed by atoms with van der Waals surface area (Å²) in [6.07, 6.45) is 1.84. The predicted molar refractivity (Wildman–Crippen MR) is 66.9 cm³/mol. The van der Waals surface area contributed by atoms with Crippen molar-refractivity contribution in [3.8, 4) is 0 Å². The summed E-state index contributed by atoms with van der Waals surface area (Å²) in [4.78, 5) is 0. The van der Waals surface area contributed by atoms with E-state index in [0.717, 1.165) is 14.9 Å². The van der Waals surface area contributed by atoms with Gasteiger partial charge in [0.05, 0.1) is 11.4 Å². The molecule has 0 fully saturated rings. The molecular formula is C10H13IN2. The number of hydrogen-bond donors (Lipinski definition) is 2. The number of nitrogens with two attached hydrogens (primary N) is 1. The maximum atomic E-state index is 5.82. The fourth-order valence-electron chi connectivity index (χ4n) is 0.969. The first-order valence-corrected chi connectivity index (χ1v) is 5.15. The van der Waals surface area contributed by atoms with E-state index in [1.54, 1.807) is 0 Å². The molecule has 0 aliphatic rings. The Labute approximate surface area is 92.4 Å². The van der Waals surface area contributed by atoms with Crippen LogP contribution < -0.4 is 11.1 Å². The molecule has 0 aliphatic heterocycles. The molecule has 0 radical (unpaired) electrons. The molecular weight excluding hydrogens is 275 g/mol. The Hall–Kier alpha value is -0.710. The third kappa shape index (κ3) is 2.91. The van der Waals surface area contributed by atoms with E-state index in [-0.39, 0.29) is 6.04 Å². The maximum absolute atomic E-state index is 5.82. The normalized spacial score (nSPS) is 12.2. The van der Waals surface area contributed by atoms with Gasteiger partial charge < -0.3 is 11.1 Å². The number of nitrogen functional groups attached to an aromatic ring is 1. The molecule has 0 spiro atoms. The number of nitrogens with one attached hydrogen (secondary N) is 1. The fourth-order valence-corrected chi connectivity index (χ4v) is 1.48. The monoisotopic (exact) mass is 288 g/mol. The van der Waals surface area contributed by atoms with Gasteiger partial charge in [-0.2, -0.15) is 0 Å². The van der Waals surface area contributed by atoms with Gasteiger partial charge in [0.25, 0.3) is 0 Å². The predicted octanol–water partition coefficient (Wildman–Crippen LogP) is 2.86. The lowest BCUT2D eigenvalue weighted by Gasteiger charge is -2.13. The number of rotatable bonds is 3. The zero-order valence-corrected chi connectivity index (χ0v) is 9.71. The van der Waals surface area contributed by atoms with Crippen LogP contribution in [0.5, 0.6) is 0 Å². The molecule has 0 saturated heterocycles. The first-order chi connectivity index (χ1) is 6.13. The van der Waals surface area contributed by atoms with E-state index in [2.05, 4.69) is 34.5 Å². The summed E-state index contributed by atoms with van der Waals surface area (Å²) in [5, 5.41) is 3.24. The molecule has 70 valence electrons. The SMILES string of the molecule is C=CC(C)Nc1ccc(I)cc1N. The number of benzene rings is 1. The van der Waals surface area contributed by atoms with Crippen molar-refractivity contribution in [2.75, 3.05) is 11.1 Å². The quantitative estimate of drug-likeness (QED) is 0.510. The molecule has 1 rings (SSSR count). The zero-order chi connectivity index (χ0) is 9.84. The van der Waals surface area contributed by atoms with Crippen molar-refractivity contribution in [3.63, 3.8) is 0 Å². The maximum Gasteiger partial charge on any atom is 0.0579 e. The summed E-state index contributed by atoms with van der Waals surface area (Å²) in [5.74, 6) is 0. The molecule has 1 unspecified atom stereocenters. The molecule has 0 aliphatic carbocycles. The van der Waals surface area contributed by atoms with Crippen molar-refractivity contribution in [3.05, 3.63) is 34.4 Å². The Morgan fingerprint density at radius 1 is 1.62 bits per heavy atom. The Morgan fingerprint density at radius 2 is 2.31 bits per heavy atom. The van der Waals surface area contributed by atoms with Crippen molar-refractivity contribution >= 4 is 34.0 Å². The Bertz CT molecular complexity index is 310. The molecule has 0 aromatic heterocycles. The van der Waals surface area contributed by atoms with Gasteiger partial charge in [0, 0.05) is 9.61 Å². The zero-order valence-electron chi connectivity index (χ0n) is 7.55. The van der Waals surface area contributed by atoms with Crippen LogP contribution in [0.3, 0.4) is 0 Å². The van der Waals surface area contributed by atoms with E-state index in [1.165, 1.54) is 0 Å². The molecule has 1 aromatic carbocycles. The molecule has 0 heterocycles. The highest BCUT2D eigenvalue weighted by atomic mass is 127. The lowest BCUT2D eigenvalue weighted by molar-refractivity contribution is 1.00. The highest BCUT2D eigenvalue weighted by Gasteiger charge is 2.01. The molecule has 2 nitrogen and oxygen atoms in total. The molecule has 0 amide bonds. The average molecular weight is 288 g/mol. The summed E-state index contributed by atoms with van der Waals surface area (Å²) in [5.41, 5.74) is 7.57. The molecule has 0 saturated carbocycles. The summed E-state index contributed by atoms with van der Waals surface area (Å²) in [6.45, 7) is 5.73. The number of halogens is 1. The second-order valence-electron chi connectivity index (χ2n) is 2.90. The first kappa shape index (κ1) is 10.4. The Balaban J connectivity index is 2.83. The Kier molecular flexibility index (Phi) is 3.59. The summed E-state index contributed by atoms with van der Waals surface area (Å²) >= 11 is 2.24. The van der Waals surface area contributed by atoms with Gasteiger partial charge in [0.2, 0.25) is 0 Å². The highest BCUT2D eigenvalue weighted by Crippen LogP contribution is 2.21. The second kappa shape index (κ2) is 4.50. The fraction of sp³-hybridized carbons (Fsp3) is 0.200. The standard InChI is InChI=1S/C10H13IN2/c1-3-7(2)13-10-5-4-8(11)6-9(10)12/h3-7,13H,1,12H2,2H3. The summed E-state index contributed by atoms with van der Waals surface area (Å²) in [6, 6.07) is 6.19. The van der Waals surface area contributed by atoms with Crippen molar-refractivity contribution in [1.82, 2.24) is 0 Å². The van der Waals surface area contributed by atoms with Crippen molar-refractivity contribution < 1.29 is 0 Å². The second-order valence-corrected chi connectivity index (χ2v) is 4.15. The van der Waals surface area contributed by atoms with Gasteiger partial charge in [0.1, 0.15) is 0 Å². The van der Waals surface area contributed by atoms with E-state index in [4.69, 9.17) is 5.73 Å². The third-order valence-corrected chi connectivity index (χ3v) is 2.42. The van der Waals surface area contributed by atoms with Gasteiger partial charge in [-0.3, -0.25) is 0 Å². The third-order valence-electron chi connectivity index (χ3n) is 1.75. The first-order valence-electron chi connectivity index (χ1n) is 4.07. The minimum absolute atomic E-state index is 0.238. The number of hydrogen-bond acceptors (Lipinski definition) is 2. The lowest BCUT2D eigenvalue weighted by atomic mass is 10.2. The van der Waals surface area contributed by atoms with Gasteiger partial charge in [0.15, 0.2) is 0 Å². The summed E-state index contributed by atoms with van der Waals surface area (Å²) in [7, 11) is 0. The average Bonchev–Trinajstić information content (AvgIpc) is 2.09. The smallest absolute Gasteiger partial charge is 0.0579 e. The van der Waals surface area contributed by atoms with Crippen molar-refractivity contribution in [2.45, 2.75) is 13.0 Å². The van der Waals surface area contributed by atoms with E-state index in [1.807, 2.05) is 31.2 Å². The number of anilines is 2. The molecule has 1 atom stereocenters. The van der Waals surface area contributed by atoms with Gasteiger partial charge in [-0.25, -0.2) is 0 Å². The van der Waals surface area contributed by atoms with Crippen molar-refractivity contribution in [1.29, 1.82) is 0 Å². The lowest BCUT2D eigenvalue weighted by Crippen LogP contribution is -2.12. The van der Waals surface area contributed by atoms with Crippen LogP contribution in [-0.2, 0) is 0 Å². The van der Waals surface area contributed by atoms with Crippen LogP contribution in [0.2, 0.25) is 0 Å².